The minimum absolute atomic E-state index is 0.0392. The van der Waals surface area contributed by atoms with Gasteiger partial charge in [0.1, 0.15) is 0 Å². The number of benzene rings is 2. The van der Waals surface area contributed by atoms with Crippen LogP contribution in [0.25, 0.3) is 5.57 Å². The van der Waals surface area contributed by atoms with Crippen LogP contribution in [0.5, 0.6) is 5.75 Å². The van der Waals surface area contributed by atoms with Gasteiger partial charge in [0.2, 0.25) is 5.91 Å². The molecule has 40 heavy (non-hydrogen) atoms. The molecule has 2 fully saturated rings. The lowest BCUT2D eigenvalue weighted by Gasteiger charge is -2.37. The average Bonchev–Trinajstić information content (AvgIpc) is 3.36. The van der Waals surface area contributed by atoms with Crippen LogP contribution in [0.1, 0.15) is 36.8 Å². The van der Waals surface area contributed by atoms with Gasteiger partial charge in [0, 0.05) is 43.3 Å². The van der Waals surface area contributed by atoms with Crippen molar-refractivity contribution in [1.82, 2.24) is 4.90 Å². The Kier molecular flexibility index (Phi) is 6.77. The molecule has 2 aromatic rings. The van der Waals surface area contributed by atoms with Crippen molar-refractivity contribution in [3.05, 3.63) is 75.0 Å². The van der Waals surface area contributed by atoms with Crippen LogP contribution in [0.15, 0.2) is 53.7 Å². The number of anilines is 2. The molecule has 0 saturated carbocycles. The minimum atomic E-state index is -0.527. The van der Waals surface area contributed by atoms with E-state index in [4.69, 9.17) is 14.2 Å². The van der Waals surface area contributed by atoms with Gasteiger partial charge < -0.3 is 29.7 Å². The van der Waals surface area contributed by atoms with Crippen molar-refractivity contribution in [2.45, 2.75) is 37.9 Å². The Morgan fingerprint density at radius 1 is 1.07 bits per heavy atom. The lowest BCUT2D eigenvalue weighted by atomic mass is 9.90. The first-order valence-electron chi connectivity index (χ1n) is 13.4. The number of carbonyl (C=O) groups is 2. The topological polar surface area (TPSA) is 132 Å². The molecule has 0 atom stereocenters. The summed E-state index contributed by atoms with van der Waals surface area (Å²) in [6.07, 6.45) is 4.59. The van der Waals surface area contributed by atoms with Gasteiger partial charge in [-0.1, -0.05) is 6.07 Å². The van der Waals surface area contributed by atoms with E-state index in [1.54, 1.807) is 12.1 Å². The van der Waals surface area contributed by atoms with Gasteiger partial charge in [0.05, 0.1) is 43.0 Å². The quantitative estimate of drug-likeness (QED) is 0.425. The van der Waals surface area contributed by atoms with Gasteiger partial charge in [-0.15, -0.1) is 0 Å². The Labute approximate surface area is 230 Å². The van der Waals surface area contributed by atoms with Gasteiger partial charge in [-0.25, -0.2) is 0 Å². The van der Waals surface area contributed by atoms with Crippen molar-refractivity contribution < 1.29 is 28.7 Å². The summed E-state index contributed by atoms with van der Waals surface area (Å²) in [6.45, 7) is 2.39. The number of nitro groups is 1. The molecular weight excluding hydrogens is 516 g/mol. The SMILES string of the molecule is COc1cc(C2=CC3=C(CC2)C(=O)Nc2ccc(CC(=O)N4CCC5(CC4)OCCO5)cc2N3)ccc1[N+](=O)[O-]. The number of nitrogens with zero attached hydrogens (tertiary/aromatic N) is 2. The monoisotopic (exact) mass is 546 g/mol. The number of allylic oxidation sites excluding steroid dienone is 2. The molecule has 208 valence electrons. The van der Waals surface area contributed by atoms with Crippen LogP contribution in [0.3, 0.4) is 0 Å². The fraction of sp³-hybridized carbons (Fsp3) is 0.379. The van der Waals surface area contributed by atoms with Gasteiger partial charge in [0.25, 0.3) is 5.91 Å². The fourth-order valence-electron chi connectivity index (χ4n) is 5.76. The summed E-state index contributed by atoms with van der Waals surface area (Å²) < 4.78 is 16.8. The number of piperidine rings is 1. The number of likely N-dealkylation sites (tertiary alicyclic amines) is 1. The van der Waals surface area contributed by atoms with Crippen molar-refractivity contribution in [3.8, 4) is 5.75 Å². The Balaban J connectivity index is 1.20. The predicted molar refractivity (Wildman–Crippen MR) is 147 cm³/mol. The summed E-state index contributed by atoms with van der Waals surface area (Å²) in [5, 5.41) is 17.7. The highest BCUT2D eigenvalue weighted by Crippen LogP contribution is 2.39. The first-order valence-corrected chi connectivity index (χ1v) is 13.4. The molecule has 2 N–H and O–H groups in total. The summed E-state index contributed by atoms with van der Waals surface area (Å²) in [5.41, 5.74) is 5.09. The van der Waals surface area contributed by atoms with Crippen molar-refractivity contribution in [2.75, 3.05) is 44.0 Å². The van der Waals surface area contributed by atoms with Gasteiger partial charge in [0.15, 0.2) is 11.5 Å². The number of amides is 2. The maximum Gasteiger partial charge on any atom is 0.310 e. The molecule has 11 nitrogen and oxygen atoms in total. The Bertz CT molecular complexity index is 1450. The summed E-state index contributed by atoms with van der Waals surface area (Å²) in [6, 6.07) is 10.4. The van der Waals surface area contributed by atoms with Crippen molar-refractivity contribution in [1.29, 1.82) is 0 Å². The molecular formula is C29H30N4O7. The summed E-state index contributed by atoms with van der Waals surface area (Å²) in [5.74, 6) is -0.487. The van der Waals surface area contributed by atoms with Crippen LogP contribution >= 0.6 is 0 Å². The molecule has 0 bridgehead atoms. The molecule has 4 aliphatic rings. The number of hydrogen-bond acceptors (Lipinski definition) is 8. The molecule has 2 aromatic carbocycles. The second-order valence-corrected chi connectivity index (χ2v) is 10.3. The van der Waals surface area contributed by atoms with Crippen molar-refractivity contribution >= 4 is 34.4 Å². The van der Waals surface area contributed by atoms with Crippen LogP contribution in [0.2, 0.25) is 0 Å². The first kappa shape index (κ1) is 26.0. The van der Waals surface area contributed by atoms with E-state index in [2.05, 4.69) is 10.6 Å². The van der Waals surface area contributed by atoms with Crippen molar-refractivity contribution in [3.63, 3.8) is 0 Å². The molecule has 0 radical (unpaired) electrons. The molecule has 11 heteroatoms. The number of methoxy groups -OCH3 is 1. The van der Waals surface area contributed by atoms with E-state index >= 15 is 0 Å². The molecule has 3 heterocycles. The van der Waals surface area contributed by atoms with Gasteiger partial charge in [-0.3, -0.25) is 19.7 Å². The normalized spacial score (nSPS) is 19.7. The second-order valence-electron chi connectivity index (χ2n) is 10.3. The number of nitrogens with one attached hydrogen (secondary N) is 2. The van der Waals surface area contributed by atoms with E-state index in [9.17, 15) is 19.7 Å². The molecule has 1 spiro atoms. The zero-order valence-electron chi connectivity index (χ0n) is 22.2. The molecule has 3 aliphatic heterocycles. The van der Waals surface area contributed by atoms with E-state index in [1.165, 1.54) is 13.2 Å². The highest BCUT2D eigenvalue weighted by molar-refractivity contribution is 6.09. The second kappa shape index (κ2) is 10.4. The number of nitro benzene ring substituents is 1. The van der Waals surface area contributed by atoms with Crippen LogP contribution < -0.4 is 15.4 Å². The van der Waals surface area contributed by atoms with Crippen molar-refractivity contribution in [2.24, 2.45) is 0 Å². The van der Waals surface area contributed by atoms with Gasteiger partial charge in [-0.05, 0) is 59.9 Å². The predicted octanol–water partition coefficient (Wildman–Crippen LogP) is 4.01. The third-order valence-electron chi connectivity index (χ3n) is 7.96. The number of hydrogen-bond donors (Lipinski definition) is 2. The zero-order chi connectivity index (χ0) is 27.9. The zero-order valence-corrected chi connectivity index (χ0v) is 22.2. The maximum atomic E-state index is 13.1. The van der Waals surface area contributed by atoms with Gasteiger partial charge in [-0.2, -0.15) is 0 Å². The maximum absolute atomic E-state index is 13.1. The minimum Gasteiger partial charge on any atom is -0.490 e. The molecule has 0 aromatic heterocycles. The van der Waals surface area contributed by atoms with E-state index in [0.29, 0.717) is 74.6 Å². The smallest absolute Gasteiger partial charge is 0.310 e. The van der Waals surface area contributed by atoms with Crippen LogP contribution in [0.4, 0.5) is 17.1 Å². The number of fused-ring (bicyclic) bond motifs is 1. The highest BCUT2D eigenvalue weighted by atomic mass is 16.7. The first-order chi connectivity index (χ1) is 19.3. The van der Waals surface area contributed by atoms with E-state index in [0.717, 1.165) is 16.7 Å². The van der Waals surface area contributed by atoms with Crippen LogP contribution in [0, 0.1) is 10.1 Å². The standard InChI is InChI=1S/C29H30N4O7/c1-38-26-17-20(4-7-25(26)33(36)37)19-3-5-21-23(16-19)30-24-14-18(2-6-22(24)31-28(21)35)15-27(34)32-10-8-29(9-11-32)39-12-13-40-29/h2,4,6-7,14,16-17,30H,3,5,8-13,15H2,1H3,(H,31,35). The molecule has 6 rings (SSSR count). The summed E-state index contributed by atoms with van der Waals surface area (Å²) in [7, 11) is 1.40. The molecule has 2 saturated heterocycles. The molecule has 0 unspecified atom stereocenters. The molecule has 2 amide bonds. The van der Waals surface area contributed by atoms with Crippen LogP contribution in [-0.2, 0) is 25.5 Å². The third-order valence-corrected chi connectivity index (χ3v) is 7.96. The lowest BCUT2D eigenvalue weighted by Crippen LogP contribution is -2.47. The van der Waals surface area contributed by atoms with Gasteiger partial charge >= 0.3 is 5.69 Å². The number of ether oxygens (including phenoxy) is 3. The summed E-state index contributed by atoms with van der Waals surface area (Å²) in [4.78, 5) is 38.8. The highest BCUT2D eigenvalue weighted by Gasteiger charge is 2.40. The Morgan fingerprint density at radius 2 is 1.85 bits per heavy atom. The largest absolute Gasteiger partial charge is 0.490 e. The third kappa shape index (κ3) is 4.93. The Hall–Kier alpha value is -4.22. The fourth-order valence-corrected chi connectivity index (χ4v) is 5.76. The molecule has 1 aliphatic carbocycles. The summed E-state index contributed by atoms with van der Waals surface area (Å²) >= 11 is 0. The van der Waals surface area contributed by atoms with E-state index < -0.39 is 10.7 Å². The van der Waals surface area contributed by atoms with E-state index in [-0.39, 0.29) is 29.7 Å². The number of rotatable bonds is 5. The number of carbonyl (C=O) groups excluding carboxylic acids is 2. The van der Waals surface area contributed by atoms with E-state index in [1.807, 2.05) is 29.2 Å². The van der Waals surface area contributed by atoms with Crippen LogP contribution in [-0.4, -0.2) is 60.8 Å². The lowest BCUT2D eigenvalue weighted by molar-refractivity contribution is -0.385. The Morgan fingerprint density at radius 3 is 2.58 bits per heavy atom. The average molecular weight is 547 g/mol.